The number of aryl methyl sites for hydroxylation is 1. The molecular weight excluding hydrogens is 270 g/mol. The standard InChI is InChI=1S/C11H10ClN5S/c1-6-10(8-5-18-11(15-8)16-13)17-4-7(12)2-3-9(17)14-6/h2-5H,13H2,1H3,(H,15,16). The highest BCUT2D eigenvalue weighted by atomic mass is 35.5. The van der Waals surface area contributed by atoms with Gasteiger partial charge >= 0.3 is 0 Å². The van der Waals surface area contributed by atoms with E-state index in [2.05, 4.69) is 15.4 Å². The van der Waals surface area contributed by atoms with Gasteiger partial charge in [0.2, 0.25) is 0 Å². The van der Waals surface area contributed by atoms with Gasteiger partial charge in [-0.15, -0.1) is 11.3 Å². The lowest BCUT2D eigenvalue weighted by atomic mass is 10.3. The van der Waals surface area contributed by atoms with Crippen molar-refractivity contribution in [2.75, 3.05) is 5.43 Å². The molecule has 0 aliphatic heterocycles. The molecule has 18 heavy (non-hydrogen) atoms. The Morgan fingerprint density at radius 1 is 1.39 bits per heavy atom. The van der Waals surface area contributed by atoms with E-state index in [4.69, 9.17) is 17.4 Å². The van der Waals surface area contributed by atoms with Gasteiger partial charge in [0.05, 0.1) is 16.4 Å². The number of fused-ring (bicyclic) bond motifs is 1. The van der Waals surface area contributed by atoms with Gasteiger partial charge in [-0.2, -0.15) is 0 Å². The molecule has 3 rings (SSSR count). The number of aromatic nitrogens is 3. The normalized spacial score (nSPS) is 11.1. The van der Waals surface area contributed by atoms with Crippen LogP contribution < -0.4 is 11.3 Å². The molecule has 5 nitrogen and oxygen atoms in total. The van der Waals surface area contributed by atoms with Crippen LogP contribution in [0.1, 0.15) is 5.69 Å². The number of rotatable bonds is 2. The van der Waals surface area contributed by atoms with E-state index in [0.717, 1.165) is 22.7 Å². The molecular formula is C11H10ClN5S. The van der Waals surface area contributed by atoms with E-state index in [0.29, 0.717) is 10.2 Å². The zero-order valence-corrected chi connectivity index (χ0v) is 11.1. The molecule has 0 unspecified atom stereocenters. The van der Waals surface area contributed by atoms with Crippen molar-refractivity contribution in [1.82, 2.24) is 14.4 Å². The molecule has 3 aromatic heterocycles. The zero-order valence-electron chi connectivity index (χ0n) is 9.51. The first-order chi connectivity index (χ1) is 8.69. The van der Waals surface area contributed by atoms with E-state index in [-0.39, 0.29) is 0 Å². The Bertz CT molecular complexity index is 717. The van der Waals surface area contributed by atoms with Crippen LogP contribution >= 0.6 is 22.9 Å². The van der Waals surface area contributed by atoms with Crippen LogP contribution in [0.25, 0.3) is 17.0 Å². The Balaban J connectivity index is 2.26. The van der Waals surface area contributed by atoms with Gasteiger partial charge in [-0.05, 0) is 19.1 Å². The van der Waals surface area contributed by atoms with Crippen molar-refractivity contribution in [3.8, 4) is 11.4 Å². The van der Waals surface area contributed by atoms with Gasteiger partial charge in [-0.1, -0.05) is 11.6 Å². The summed E-state index contributed by atoms with van der Waals surface area (Å²) in [5.41, 5.74) is 6.07. The van der Waals surface area contributed by atoms with Gasteiger partial charge in [-0.25, -0.2) is 15.8 Å². The lowest BCUT2D eigenvalue weighted by molar-refractivity contribution is 1.17. The predicted molar refractivity (Wildman–Crippen MR) is 73.9 cm³/mol. The molecule has 0 aliphatic carbocycles. The van der Waals surface area contributed by atoms with E-state index in [9.17, 15) is 0 Å². The summed E-state index contributed by atoms with van der Waals surface area (Å²) >= 11 is 7.47. The van der Waals surface area contributed by atoms with Crippen molar-refractivity contribution in [3.63, 3.8) is 0 Å². The van der Waals surface area contributed by atoms with E-state index >= 15 is 0 Å². The molecule has 7 heteroatoms. The maximum atomic E-state index is 6.02. The largest absolute Gasteiger partial charge is 0.300 e. The van der Waals surface area contributed by atoms with Crippen LogP contribution in [-0.4, -0.2) is 14.4 Å². The average molecular weight is 280 g/mol. The lowest BCUT2D eigenvalue weighted by Crippen LogP contribution is -2.05. The summed E-state index contributed by atoms with van der Waals surface area (Å²) in [5, 5.41) is 3.27. The van der Waals surface area contributed by atoms with Gasteiger partial charge in [-0.3, -0.25) is 9.83 Å². The fraction of sp³-hybridized carbons (Fsp3) is 0.0909. The number of hydrogen-bond acceptors (Lipinski definition) is 5. The Morgan fingerprint density at radius 3 is 2.94 bits per heavy atom. The van der Waals surface area contributed by atoms with Crippen molar-refractivity contribution >= 4 is 33.7 Å². The number of nitrogens with one attached hydrogen (secondary N) is 1. The van der Waals surface area contributed by atoms with Crippen molar-refractivity contribution in [1.29, 1.82) is 0 Å². The molecule has 0 atom stereocenters. The van der Waals surface area contributed by atoms with Crippen LogP contribution in [0.15, 0.2) is 23.7 Å². The predicted octanol–water partition coefficient (Wildman–Crippen LogP) is 2.71. The molecule has 3 aromatic rings. The second-order valence-corrected chi connectivity index (χ2v) is 5.10. The quantitative estimate of drug-likeness (QED) is 0.559. The number of nitrogen functional groups attached to an aromatic ring is 1. The Kier molecular flexibility index (Phi) is 2.70. The van der Waals surface area contributed by atoms with Gasteiger partial charge in [0.25, 0.3) is 0 Å². The molecule has 0 fully saturated rings. The molecule has 0 aliphatic rings. The summed E-state index contributed by atoms with van der Waals surface area (Å²) in [7, 11) is 0. The molecule has 3 N–H and O–H groups in total. The number of anilines is 1. The van der Waals surface area contributed by atoms with Crippen LogP contribution in [0.5, 0.6) is 0 Å². The summed E-state index contributed by atoms with van der Waals surface area (Å²) < 4.78 is 1.94. The van der Waals surface area contributed by atoms with Crippen LogP contribution in [0.3, 0.4) is 0 Å². The second kappa shape index (κ2) is 4.24. The zero-order chi connectivity index (χ0) is 12.7. The number of hydrogen-bond donors (Lipinski definition) is 2. The van der Waals surface area contributed by atoms with Crippen molar-refractivity contribution in [2.24, 2.45) is 5.84 Å². The summed E-state index contributed by atoms with van der Waals surface area (Å²) in [6.45, 7) is 1.95. The summed E-state index contributed by atoms with van der Waals surface area (Å²) in [5.74, 6) is 5.35. The first kappa shape index (κ1) is 11.5. The SMILES string of the molecule is Cc1nc2ccc(Cl)cn2c1-c1csc(NN)n1. The third-order valence-electron chi connectivity index (χ3n) is 2.63. The second-order valence-electron chi connectivity index (χ2n) is 3.80. The van der Waals surface area contributed by atoms with Gasteiger partial charge in [0.1, 0.15) is 11.3 Å². The average Bonchev–Trinajstić information content (AvgIpc) is 2.92. The Labute approximate surface area is 112 Å². The molecule has 0 saturated carbocycles. The van der Waals surface area contributed by atoms with E-state index in [1.54, 1.807) is 0 Å². The van der Waals surface area contributed by atoms with Crippen molar-refractivity contribution in [3.05, 3.63) is 34.4 Å². The molecule has 0 spiro atoms. The first-order valence-corrected chi connectivity index (χ1v) is 6.51. The molecule has 92 valence electrons. The number of hydrazine groups is 1. The van der Waals surface area contributed by atoms with E-state index in [1.165, 1.54) is 11.3 Å². The highest BCUT2D eigenvalue weighted by Crippen LogP contribution is 2.28. The number of pyridine rings is 1. The van der Waals surface area contributed by atoms with Crippen molar-refractivity contribution in [2.45, 2.75) is 6.92 Å². The highest BCUT2D eigenvalue weighted by molar-refractivity contribution is 7.14. The number of nitrogens with two attached hydrogens (primary N) is 1. The van der Waals surface area contributed by atoms with Crippen LogP contribution in [0.2, 0.25) is 5.02 Å². The third kappa shape index (κ3) is 1.74. The molecule has 0 saturated heterocycles. The van der Waals surface area contributed by atoms with E-state index < -0.39 is 0 Å². The fourth-order valence-corrected chi connectivity index (χ4v) is 2.66. The Hall–Kier alpha value is -1.63. The van der Waals surface area contributed by atoms with Crippen molar-refractivity contribution < 1.29 is 0 Å². The van der Waals surface area contributed by atoms with Gasteiger partial charge in [0.15, 0.2) is 5.13 Å². The topological polar surface area (TPSA) is 68.2 Å². The van der Waals surface area contributed by atoms with Gasteiger partial charge in [0, 0.05) is 11.6 Å². The number of nitrogens with zero attached hydrogens (tertiary/aromatic N) is 3. The maximum absolute atomic E-state index is 6.02. The lowest BCUT2D eigenvalue weighted by Gasteiger charge is -2.00. The molecule has 0 aromatic carbocycles. The minimum Gasteiger partial charge on any atom is -0.300 e. The highest BCUT2D eigenvalue weighted by Gasteiger charge is 2.14. The van der Waals surface area contributed by atoms with Crippen LogP contribution in [0, 0.1) is 6.92 Å². The molecule has 3 heterocycles. The van der Waals surface area contributed by atoms with Crippen LogP contribution in [-0.2, 0) is 0 Å². The molecule has 0 bridgehead atoms. The monoisotopic (exact) mass is 279 g/mol. The third-order valence-corrected chi connectivity index (χ3v) is 3.62. The number of imidazole rings is 1. The van der Waals surface area contributed by atoms with Crippen LogP contribution in [0.4, 0.5) is 5.13 Å². The number of thiazole rings is 1. The fourth-order valence-electron chi connectivity index (χ4n) is 1.89. The molecule has 0 radical (unpaired) electrons. The molecule has 0 amide bonds. The van der Waals surface area contributed by atoms with Gasteiger partial charge < -0.3 is 0 Å². The Morgan fingerprint density at radius 2 is 2.22 bits per heavy atom. The summed E-state index contributed by atoms with van der Waals surface area (Å²) in [6.07, 6.45) is 1.83. The summed E-state index contributed by atoms with van der Waals surface area (Å²) in [4.78, 5) is 8.87. The first-order valence-electron chi connectivity index (χ1n) is 5.26. The number of halogens is 1. The maximum Gasteiger partial charge on any atom is 0.197 e. The minimum absolute atomic E-state index is 0.661. The smallest absolute Gasteiger partial charge is 0.197 e. The summed E-state index contributed by atoms with van der Waals surface area (Å²) in [6, 6.07) is 3.70. The van der Waals surface area contributed by atoms with E-state index in [1.807, 2.05) is 35.0 Å². The minimum atomic E-state index is 0.661.